The molecule has 0 heterocycles. The maximum Gasteiger partial charge on any atom is 0.213 e. The van der Waals surface area contributed by atoms with Crippen molar-refractivity contribution in [2.75, 3.05) is 6.54 Å². The molecule has 2 aromatic carbocycles. The first kappa shape index (κ1) is 18.0. The molecule has 0 aromatic heterocycles. The van der Waals surface area contributed by atoms with Crippen molar-refractivity contribution in [2.24, 2.45) is 0 Å². The summed E-state index contributed by atoms with van der Waals surface area (Å²) in [6.07, 6.45) is 0. The highest BCUT2D eigenvalue weighted by Gasteiger charge is 2.16. The van der Waals surface area contributed by atoms with Crippen molar-refractivity contribution in [2.45, 2.75) is 31.9 Å². The Labute approximate surface area is 143 Å². The Balaban J connectivity index is 2.05. The van der Waals surface area contributed by atoms with Gasteiger partial charge in [0.05, 0.1) is 5.25 Å². The van der Waals surface area contributed by atoms with Gasteiger partial charge >= 0.3 is 0 Å². The Morgan fingerprint density at radius 1 is 0.913 bits per heavy atom. The molecule has 0 saturated carbocycles. The van der Waals surface area contributed by atoms with Crippen LogP contribution in [-0.2, 0) is 10.0 Å². The zero-order chi connectivity index (χ0) is 17.0. The van der Waals surface area contributed by atoms with E-state index in [-0.39, 0.29) is 5.92 Å². The summed E-state index contributed by atoms with van der Waals surface area (Å²) in [5, 5.41) is 0.304. The highest BCUT2D eigenvalue weighted by atomic mass is 35.5. The minimum atomic E-state index is -3.22. The third-order valence-corrected chi connectivity index (χ3v) is 5.93. The lowest BCUT2D eigenvalue weighted by atomic mass is 9.98. The van der Waals surface area contributed by atoms with E-state index in [2.05, 4.69) is 4.72 Å². The predicted octanol–water partition coefficient (Wildman–Crippen LogP) is 4.44. The van der Waals surface area contributed by atoms with Gasteiger partial charge in [0.1, 0.15) is 0 Å². The Hall–Kier alpha value is -1.36. The highest BCUT2D eigenvalue weighted by Crippen LogP contribution is 2.24. The molecule has 0 radical (unpaired) electrons. The SMILES string of the molecule is CC(C)S(=O)(=O)NC[C@@H](C)c1ccc(-c2ccc(Cl)cc2)cc1. The zero-order valence-electron chi connectivity index (χ0n) is 13.6. The average molecular weight is 352 g/mol. The van der Waals surface area contributed by atoms with E-state index in [9.17, 15) is 8.42 Å². The van der Waals surface area contributed by atoms with Crippen molar-refractivity contribution in [1.29, 1.82) is 0 Å². The third-order valence-electron chi connectivity index (χ3n) is 3.87. The number of rotatable bonds is 6. The van der Waals surface area contributed by atoms with Gasteiger partial charge in [0.2, 0.25) is 10.0 Å². The van der Waals surface area contributed by atoms with Crippen molar-refractivity contribution in [1.82, 2.24) is 4.72 Å². The second-order valence-electron chi connectivity index (χ2n) is 5.97. The molecule has 124 valence electrons. The molecule has 0 aliphatic carbocycles. The second kappa shape index (κ2) is 7.47. The summed E-state index contributed by atoms with van der Waals surface area (Å²) in [7, 11) is -3.22. The fraction of sp³-hybridized carbons (Fsp3) is 0.333. The van der Waals surface area contributed by atoms with Crippen LogP contribution in [0.1, 0.15) is 32.3 Å². The van der Waals surface area contributed by atoms with E-state index >= 15 is 0 Å². The number of halogens is 1. The van der Waals surface area contributed by atoms with Crippen LogP contribution in [-0.4, -0.2) is 20.2 Å². The summed E-state index contributed by atoms with van der Waals surface area (Å²) in [5.74, 6) is 0.114. The number of hydrogen-bond donors (Lipinski definition) is 1. The van der Waals surface area contributed by atoms with Crippen molar-refractivity contribution in [3.05, 3.63) is 59.1 Å². The smallest absolute Gasteiger partial charge is 0.213 e. The van der Waals surface area contributed by atoms with E-state index in [4.69, 9.17) is 11.6 Å². The van der Waals surface area contributed by atoms with Gasteiger partial charge in [-0.2, -0.15) is 0 Å². The summed E-state index contributed by atoms with van der Waals surface area (Å²) in [4.78, 5) is 0. The molecule has 23 heavy (non-hydrogen) atoms. The minimum absolute atomic E-state index is 0.114. The first-order valence-corrected chi connectivity index (χ1v) is 9.56. The molecule has 0 saturated heterocycles. The standard InChI is InChI=1S/C18H22ClNO2S/c1-13(2)23(21,22)20-12-14(3)15-4-6-16(7-5-15)17-8-10-18(19)11-9-17/h4-11,13-14,20H,12H2,1-3H3/t14-/m1/s1. The molecule has 0 amide bonds. The van der Waals surface area contributed by atoms with Crippen LogP contribution in [0.15, 0.2) is 48.5 Å². The van der Waals surface area contributed by atoms with Crippen molar-refractivity contribution in [3.63, 3.8) is 0 Å². The summed E-state index contributed by atoms with van der Waals surface area (Å²) >= 11 is 5.90. The molecule has 2 rings (SSSR count). The molecule has 2 aromatic rings. The van der Waals surface area contributed by atoms with Crippen molar-refractivity contribution >= 4 is 21.6 Å². The van der Waals surface area contributed by atoms with Gasteiger partial charge in [-0.05, 0) is 48.6 Å². The first-order chi connectivity index (χ1) is 10.8. The molecule has 3 nitrogen and oxygen atoms in total. The lowest BCUT2D eigenvalue weighted by molar-refractivity contribution is 0.566. The molecular formula is C18H22ClNO2S. The van der Waals surface area contributed by atoms with Crippen LogP contribution in [0.3, 0.4) is 0 Å². The van der Waals surface area contributed by atoms with E-state index in [1.165, 1.54) is 0 Å². The van der Waals surface area contributed by atoms with Crippen LogP contribution in [0.2, 0.25) is 5.02 Å². The van der Waals surface area contributed by atoms with Crippen molar-refractivity contribution < 1.29 is 8.42 Å². The second-order valence-corrected chi connectivity index (χ2v) is 8.73. The van der Waals surface area contributed by atoms with Crippen LogP contribution in [0, 0.1) is 0 Å². The summed E-state index contributed by atoms with van der Waals surface area (Å²) in [6.45, 7) is 5.77. The molecule has 0 spiro atoms. The van der Waals surface area contributed by atoms with E-state index in [0.717, 1.165) is 21.7 Å². The topological polar surface area (TPSA) is 46.2 Å². The van der Waals surface area contributed by atoms with E-state index in [0.29, 0.717) is 6.54 Å². The predicted molar refractivity (Wildman–Crippen MR) is 97.4 cm³/mol. The van der Waals surface area contributed by atoms with Crippen LogP contribution in [0.25, 0.3) is 11.1 Å². The quantitative estimate of drug-likeness (QED) is 0.836. The number of benzene rings is 2. The third kappa shape index (κ3) is 4.80. The molecule has 0 bridgehead atoms. The van der Waals surface area contributed by atoms with Gasteiger partial charge in [-0.1, -0.05) is 54.9 Å². The molecule has 0 aliphatic rings. The van der Waals surface area contributed by atoms with Gasteiger partial charge in [0.15, 0.2) is 0 Å². The molecule has 5 heteroatoms. The first-order valence-electron chi connectivity index (χ1n) is 7.64. The van der Waals surface area contributed by atoms with Gasteiger partial charge in [-0.15, -0.1) is 0 Å². The maximum absolute atomic E-state index is 11.8. The molecular weight excluding hydrogens is 330 g/mol. The Kier molecular flexibility index (Phi) is 5.84. The number of nitrogens with one attached hydrogen (secondary N) is 1. The van der Waals surface area contributed by atoms with Crippen LogP contribution >= 0.6 is 11.6 Å². The average Bonchev–Trinajstić information content (AvgIpc) is 2.53. The monoisotopic (exact) mass is 351 g/mol. The van der Waals surface area contributed by atoms with Crippen molar-refractivity contribution in [3.8, 4) is 11.1 Å². The highest BCUT2D eigenvalue weighted by molar-refractivity contribution is 7.90. The molecule has 1 atom stereocenters. The molecule has 1 N–H and O–H groups in total. The lowest BCUT2D eigenvalue weighted by Crippen LogP contribution is -2.33. The maximum atomic E-state index is 11.8. The summed E-state index contributed by atoms with van der Waals surface area (Å²) in [5.41, 5.74) is 3.32. The summed E-state index contributed by atoms with van der Waals surface area (Å²) in [6, 6.07) is 15.9. The molecule has 0 fully saturated rings. The Bertz CT molecular complexity index is 738. The summed E-state index contributed by atoms with van der Waals surface area (Å²) < 4.78 is 26.3. The number of hydrogen-bond acceptors (Lipinski definition) is 2. The molecule has 0 unspecified atom stereocenters. The van der Waals surface area contributed by atoms with Crippen LogP contribution in [0.5, 0.6) is 0 Å². The van der Waals surface area contributed by atoms with Crippen LogP contribution < -0.4 is 4.72 Å². The Morgan fingerprint density at radius 3 is 1.87 bits per heavy atom. The van der Waals surface area contributed by atoms with Gasteiger partial charge in [0.25, 0.3) is 0 Å². The minimum Gasteiger partial charge on any atom is -0.214 e. The zero-order valence-corrected chi connectivity index (χ0v) is 15.2. The fourth-order valence-electron chi connectivity index (χ4n) is 2.17. The largest absolute Gasteiger partial charge is 0.214 e. The van der Waals surface area contributed by atoms with E-state index < -0.39 is 15.3 Å². The van der Waals surface area contributed by atoms with E-state index in [1.807, 2.05) is 55.5 Å². The van der Waals surface area contributed by atoms with Gasteiger partial charge in [-0.25, -0.2) is 13.1 Å². The molecule has 0 aliphatic heterocycles. The van der Waals surface area contributed by atoms with Gasteiger partial charge < -0.3 is 0 Å². The lowest BCUT2D eigenvalue weighted by Gasteiger charge is -2.15. The van der Waals surface area contributed by atoms with Crippen LogP contribution in [0.4, 0.5) is 0 Å². The normalized spacial score (nSPS) is 13.3. The van der Waals surface area contributed by atoms with Gasteiger partial charge in [-0.3, -0.25) is 0 Å². The fourth-order valence-corrected chi connectivity index (χ4v) is 3.11. The number of sulfonamides is 1. The van der Waals surface area contributed by atoms with Gasteiger partial charge in [0, 0.05) is 11.6 Å². The van der Waals surface area contributed by atoms with E-state index in [1.54, 1.807) is 13.8 Å². The Morgan fingerprint density at radius 2 is 1.39 bits per heavy atom.